The molecule has 2 unspecified atom stereocenters. The van der Waals surface area contributed by atoms with Gasteiger partial charge in [-0.05, 0) is 13.8 Å². The van der Waals surface area contributed by atoms with E-state index in [2.05, 4.69) is 34.5 Å². The molecule has 0 saturated heterocycles. The van der Waals surface area contributed by atoms with E-state index in [1.165, 1.54) is 0 Å². The Balaban J connectivity index is 2.03. The summed E-state index contributed by atoms with van der Waals surface area (Å²) < 4.78 is 2.03. The van der Waals surface area contributed by atoms with Crippen LogP contribution in [0.1, 0.15) is 37.4 Å². The van der Waals surface area contributed by atoms with Crippen LogP contribution >= 0.6 is 11.3 Å². The predicted molar refractivity (Wildman–Crippen MR) is 65.3 cm³/mol. The van der Waals surface area contributed by atoms with Gasteiger partial charge in [-0.25, -0.2) is 9.97 Å². The number of hydrogen-bond acceptors (Lipinski definition) is 4. The number of aromatic nitrogens is 3. The Labute approximate surface area is 99.4 Å². The summed E-state index contributed by atoms with van der Waals surface area (Å²) in [7, 11) is 2.01. The Hall–Kier alpha value is -1.20. The lowest BCUT2D eigenvalue weighted by atomic mass is 10.2. The van der Waals surface area contributed by atoms with Gasteiger partial charge in [0.2, 0.25) is 0 Å². The summed E-state index contributed by atoms with van der Waals surface area (Å²) in [6.07, 6.45) is 3.78. The lowest BCUT2D eigenvalue weighted by molar-refractivity contribution is 0.461. The summed E-state index contributed by atoms with van der Waals surface area (Å²) in [5.41, 5.74) is 2.95. The van der Waals surface area contributed by atoms with Gasteiger partial charge in [0.15, 0.2) is 0 Å². The van der Waals surface area contributed by atoms with Crippen molar-refractivity contribution in [2.75, 3.05) is 0 Å². The van der Waals surface area contributed by atoms with Crippen molar-refractivity contribution in [2.24, 2.45) is 7.05 Å². The molecule has 5 heteroatoms. The second-order valence-corrected chi connectivity index (χ2v) is 4.64. The van der Waals surface area contributed by atoms with E-state index in [1.54, 1.807) is 11.3 Å². The molecular weight excluding hydrogens is 220 g/mol. The van der Waals surface area contributed by atoms with Crippen LogP contribution in [0.5, 0.6) is 0 Å². The van der Waals surface area contributed by atoms with Crippen LogP contribution in [-0.2, 0) is 7.05 Å². The Bertz CT molecular complexity index is 435. The smallest absolute Gasteiger partial charge is 0.125 e. The first-order chi connectivity index (χ1) is 7.68. The van der Waals surface area contributed by atoms with E-state index in [1.807, 2.05) is 29.5 Å². The zero-order valence-corrected chi connectivity index (χ0v) is 10.5. The van der Waals surface area contributed by atoms with Gasteiger partial charge < -0.3 is 4.57 Å². The van der Waals surface area contributed by atoms with Gasteiger partial charge in [-0.3, -0.25) is 5.32 Å². The van der Waals surface area contributed by atoms with E-state index in [0.29, 0.717) is 0 Å². The van der Waals surface area contributed by atoms with Crippen LogP contribution in [-0.4, -0.2) is 14.5 Å². The Morgan fingerprint density at radius 3 is 2.69 bits per heavy atom. The first-order valence-corrected chi connectivity index (χ1v) is 6.24. The van der Waals surface area contributed by atoms with Crippen LogP contribution in [0.25, 0.3) is 0 Å². The highest BCUT2D eigenvalue weighted by Gasteiger charge is 2.14. The minimum Gasteiger partial charge on any atom is -0.337 e. The number of nitrogens with one attached hydrogen (secondary N) is 1. The highest BCUT2D eigenvalue weighted by molar-refractivity contribution is 7.07. The maximum Gasteiger partial charge on any atom is 0.125 e. The first kappa shape index (κ1) is 11.3. The van der Waals surface area contributed by atoms with Crippen LogP contribution in [0.2, 0.25) is 0 Å². The molecule has 0 bridgehead atoms. The average Bonchev–Trinajstić information content (AvgIpc) is 2.86. The van der Waals surface area contributed by atoms with E-state index in [4.69, 9.17) is 0 Å². The molecule has 0 fully saturated rings. The molecule has 0 radical (unpaired) electrons. The maximum atomic E-state index is 4.33. The number of rotatable bonds is 4. The van der Waals surface area contributed by atoms with Gasteiger partial charge in [-0.2, -0.15) is 0 Å². The van der Waals surface area contributed by atoms with E-state index in [-0.39, 0.29) is 12.1 Å². The van der Waals surface area contributed by atoms with E-state index < -0.39 is 0 Å². The third kappa shape index (κ3) is 2.31. The quantitative estimate of drug-likeness (QED) is 0.885. The van der Waals surface area contributed by atoms with Crippen LogP contribution < -0.4 is 5.32 Å². The van der Waals surface area contributed by atoms with Crippen LogP contribution in [0.3, 0.4) is 0 Å². The fourth-order valence-corrected chi connectivity index (χ4v) is 2.41. The zero-order valence-electron chi connectivity index (χ0n) is 9.71. The van der Waals surface area contributed by atoms with Crippen molar-refractivity contribution in [3.63, 3.8) is 0 Å². The van der Waals surface area contributed by atoms with E-state index >= 15 is 0 Å². The molecule has 16 heavy (non-hydrogen) atoms. The lowest BCUT2D eigenvalue weighted by Gasteiger charge is -2.18. The van der Waals surface area contributed by atoms with Gasteiger partial charge in [-0.15, -0.1) is 11.3 Å². The maximum absolute atomic E-state index is 4.33. The normalized spacial score (nSPS) is 14.9. The summed E-state index contributed by atoms with van der Waals surface area (Å²) in [4.78, 5) is 8.63. The fraction of sp³-hybridized carbons (Fsp3) is 0.455. The van der Waals surface area contributed by atoms with E-state index in [0.717, 1.165) is 11.5 Å². The molecule has 0 aromatic carbocycles. The van der Waals surface area contributed by atoms with Crippen molar-refractivity contribution in [1.29, 1.82) is 0 Å². The molecule has 0 aliphatic rings. The number of thiazole rings is 1. The summed E-state index contributed by atoms with van der Waals surface area (Å²) in [6.45, 7) is 4.24. The molecule has 2 heterocycles. The topological polar surface area (TPSA) is 42.7 Å². The van der Waals surface area contributed by atoms with Crippen molar-refractivity contribution in [3.8, 4) is 0 Å². The summed E-state index contributed by atoms with van der Waals surface area (Å²) in [6, 6.07) is 0.467. The molecule has 4 nitrogen and oxygen atoms in total. The standard InChI is InChI=1S/C11H16N4S/c1-8(10-6-16-7-13-10)14-9(2)11-12-4-5-15(11)3/h4-9,14H,1-3H3. The van der Waals surface area contributed by atoms with Gasteiger partial charge in [0, 0.05) is 30.9 Å². The first-order valence-electron chi connectivity index (χ1n) is 5.30. The van der Waals surface area contributed by atoms with Gasteiger partial charge in [0.1, 0.15) is 5.82 Å². The number of hydrogen-bond donors (Lipinski definition) is 1. The Morgan fingerprint density at radius 2 is 2.12 bits per heavy atom. The van der Waals surface area contributed by atoms with Crippen molar-refractivity contribution in [3.05, 3.63) is 34.8 Å². The summed E-state index contributed by atoms with van der Waals surface area (Å²) in [5, 5.41) is 5.56. The average molecular weight is 236 g/mol. The van der Waals surface area contributed by atoms with Crippen molar-refractivity contribution < 1.29 is 0 Å². The Morgan fingerprint density at radius 1 is 1.31 bits per heavy atom. The van der Waals surface area contributed by atoms with Gasteiger partial charge in [-0.1, -0.05) is 0 Å². The summed E-state index contributed by atoms with van der Waals surface area (Å²) in [5.74, 6) is 1.04. The van der Waals surface area contributed by atoms with E-state index in [9.17, 15) is 0 Å². The molecule has 2 rings (SSSR count). The van der Waals surface area contributed by atoms with Crippen molar-refractivity contribution in [1.82, 2.24) is 19.9 Å². The molecule has 2 aromatic heterocycles. The minimum atomic E-state index is 0.219. The minimum absolute atomic E-state index is 0.219. The van der Waals surface area contributed by atoms with Crippen molar-refractivity contribution >= 4 is 11.3 Å². The third-order valence-corrected chi connectivity index (χ3v) is 3.25. The zero-order chi connectivity index (χ0) is 11.5. The van der Waals surface area contributed by atoms with Crippen LogP contribution in [0, 0.1) is 0 Å². The molecule has 2 atom stereocenters. The molecule has 86 valence electrons. The molecule has 0 aliphatic heterocycles. The summed E-state index contributed by atoms with van der Waals surface area (Å²) >= 11 is 1.62. The second-order valence-electron chi connectivity index (χ2n) is 3.92. The van der Waals surface area contributed by atoms with Gasteiger partial charge >= 0.3 is 0 Å². The van der Waals surface area contributed by atoms with Crippen molar-refractivity contribution in [2.45, 2.75) is 25.9 Å². The molecule has 1 N–H and O–H groups in total. The van der Waals surface area contributed by atoms with Gasteiger partial charge in [0.25, 0.3) is 0 Å². The monoisotopic (exact) mass is 236 g/mol. The molecular formula is C11H16N4S. The molecule has 0 spiro atoms. The SMILES string of the molecule is CC(NC(C)c1nccn1C)c1cscn1. The number of imidazole rings is 1. The highest BCUT2D eigenvalue weighted by Crippen LogP contribution is 2.17. The second kappa shape index (κ2) is 4.76. The van der Waals surface area contributed by atoms with Crippen LogP contribution in [0.4, 0.5) is 0 Å². The molecule has 2 aromatic rings. The largest absolute Gasteiger partial charge is 0.337 e. The number of nitrogens with zero attached hydrogens (tertiary/aromatic N) is 3. The molecule has 0 amide bonds. The third-order valence-electron chi connectivity index (χ3n) is 2.64. The molecule has 0 aliphatic carbocycles. The predicted octanol–water partition coefficient (Wildman–Crippen LogP) is 2.29. The highest BCUT2D eigenvalue weighted by atomic mass is 32.1. The number of aryl methyl sites for hydroxylation is 1. The van der Waals surface area contributed by atoms with Crippen LogP contribution in [0.15, 0.2) is 23.3 Å². The van der Waals surface area contributed by atoms with Gasteiger partial charge in [0.05, 0.1) is 17.2 Å². The lowest BCUT2D eigenvalue weighted by Crippen LogP contribution is -2.24. The Kier molecular flexibility index (Phi) is 3.36. The fourth-order valence-electron chi connectivity index (χ4n) is 1.77. The molecule has 0 saturated carbocycles.